The highest BCUT2D eigenvalue weighted by molar-refractivity contribution is 7.92. The van der Waals surface area contributed by atoms with Gasteiger partial charge in [-0.05, 0) is 30.0 Å². The van der Waals surface area contributed by atoms with Gasteiger partial charge in [-0.1, -0.05) is 0 Å². The Bertz CT molecular complexity index is 855. The summed E-state index contributed by atoms with van der Waals surface area (Å²) in [7, 11) is -2.83. The fraction of sp³-hybridized carbons (Fsp3) is 0.400. The molecule has 0 atom stereocenters. The molecule has 0 saturated carbocycles. The number of furan rings is 1. The molecule has 0 spiro atoms. The van der Waals surface area contributed by atoms with E-state index in [9.17, 15) is 17.6 Å². The van der Waals surface area contributed by atoms with Crippen molar-refractivity contribution in [1.29, 1.82) is 0 Å². The van der Waals surface area contributed by atoms with Crippen molar-refractivity contribution in [2.75, 3.05) is 24.6 Å². The highest BCUT2D eigenvalue weighted by Gasteiger charge is 2.45. The van der Waals surface area contributed by atoms with E-state index in [2.05, 4.69) is 0 Å². The Morgan fingerprint density at radius 2 is 1.91 bits per heavy atom. The number of likely N-dealkylation sites (tertiary alicyclic amines) is 1. The van der Waals surface area contributed by atoms with Gasteiger partial charge in [0.15, 0.2) is 21.2 Å². The monoisotopic (exact) mass is 323 g/mol. The number of hydrogen-bond donors (Lipinski definition) is 0. The molecule has 0 bridgehead atoms. The number of halogens is 1. The molecule has 1 aromatic heterocycles. The second-order valence-electron chi connectivity index (χ2n) is 6.07. The number of hydrogen-bond acceptors (Lipinski definition) is 4. The lowest BCUT2D eigenvalue weighted by molar-refractivity contribution is 0.0401. The fourth-order valence-electron chi connectivity index (χ4n) is 3.24. The van der Waals surface area contributed by atoms with E-state index in [1.54, 1.807) is 11.0 Å². The third kappa shape index (κ3) is 2.03. The normalized spacial score (nSPS) is 21.6. The van der Waals surface area contributed by atoms with Crippen LogP contribution in [-0.2, 0) is 9.84 Å². The quantitative estimate of drug-likeness (QED) is 0.843. The number of carbonyl (C=O) groups is 1. The Hall–Kier alpha value is -1.89. The summed E-state index contributed by atoms with van der Waals surface area (Å²) in [5.41, 5.74) is 0.512. The predicted octanol–water partition coefficient (Wildman–Crippen LogP) is 1.69. The van der Waals surface area contributed by atoms with Crippen molar-refractivity contribution in [3.8, 4) is 0 Å². The maximum absolute atomic E-state index is 13.6. The third-order valence-electron chi connectivity index (χ3n) is 4.60. The van der Waals surface area contributed by atoms with Crippen LogP contribution in [0, 0.1) is 17.7 Å². The van der Waals surface area contributed by atoms with E-state index in [0.717, 1.165) is 0 Å². The first-order valence-electron chi connectivity index (χ1n) is 7.10. The summed E-state index contributed by atoms with van der Waals surface area (Å²) in [6, 6.07) is 4.28. The molecule has 2 aromatic rings. The van der Waals surface area contributed by atoms with Gasteiger partial charge in [0.2, 0.25) is 0 Å². The van der Waals surface area contributed by atoms with E-state index in [4.69, 9.17) is 4.42 Å². The Kier molecular flexibility index (Phi) is 2.84. The molecule has 4 rings (SSSR count). The molecule has 116 valence electrons. The van der Waals surface area contributed by atoms with E-state index in [-0.39, 0.29) is 34.8 Å². The molecule has 0 radical (unpaired) electrons. The zero-order valence-corrected chi connectivity index (χ0v) is 12.5. The van der Waals surface area contributed by atoms with Gasteiger partial charge < -0.3 is 9.32 Å². The minimum atomic E-state index is -2.83. The maximum Gasteiger partial charge on any atom is 0.254 e. The molecule has 5 nitrogen and oxygen atoms in total. The average Bonchev–Trinajstić information content (AvgIpc) is 2.85. The number of nitrogens with zero attached hydrogens (tertiary/aromatic N) is 1. The molecule has 0 aliphatic carbocycles. The van der Waals surface area contributed by atoms with Crippen LogP contribution < -0.4 is 0 Å². The molecule has 1 amide bonds. The second kappa shape index (κ2) is 4.55. The highest BCUT2D eigenvalue weighted by atomic mass is 32.2. The van der Waals surface area contributed by atoms with Gasteiger partial charge >= 0.3 is 0 Å². The molecule has 1 aromatic carbocycles. The van der Waals surface area contributed by atoms with Crippen LogP contribution in [0.25, 0.3) is 11.0 Å². The van der Waals surface area contributed by atoms with Gasteiger partial charge in [0, 0.05) is 18.5 Å². The maximum atomic E-state index is 13.6. The standard InChI is InChI=1S/C15H14FNO4S/c16-13-2-1-12(11-3-4-21-14(11)13)15(18)17-5-9(6-17)10-7-22(19,20)8-10/h1-4,9-10H,5-8H2. The molecular formula is C15H14FNO4S. The SMILES string of the molecule is O=C(c1ccc(F)c2occc12)N1CC(C2CS(=O)(=O)C2)C1. The number of rotatable bonds is 2. The van der Waals surface area contributed by atoms with Crippen molar-refractivity contribution in [2.45, 2.75) is 0 Å². The number of sulfone groups is 1. The summed E-state index contributed by atoms with van der Waals surface area (Å²) in [6.45, 7) is 1.13. The molecule has 2 saturated heterocycles. The van der Waals surface area contributed by atoms with Gasteiger partial charge in [-0.2, -0.15) is 0 Å². The summed E-state index contributed by atoms with van der Waals surface area (Å²) in [5.74, 6) is 0.260. The van der Waals surface area contributed by atoms with Crippen LogP contribution in [0.3, 0.4) is 0 Å². The predicted molar refractivity (Wildman–Crippen MR) is 77.7 cm³/mol. The largest absolute Gasteiger partial charge is 0.461 e. The van der Waals surface area contributed by atoms with Crippen molar-refractivity contribution < 1.29 is 22.0 Å². The summed E-state index contributed by atoms with van der Waals surface area (Å²) < 4.78 is 41.0. The number of amides is 1. The molecule has 22 heavy (non-hydrogen) atoms. The number of fused-ring (bicyclic) bond motifs is 1. The van der Waals surface area contributed by atoms with Crippen LogP contribution in [0.1, 0.15) is 10.4 Å². The minimum absolute atomic E-state index is 0.0907. The van der Waals surface area contributed by atoms with Gasteiger partial charge in [-0.25, -0.2) is 12.8 Å². The second-order valence-corrected chi connectivity index (χ2v) is 8.22. The van der Waals surface area contributed by atoms with Crippen molar-refractivity contribution in [3.05, 3.63) is 35.8 Å². The van der Waals surface area contributed by atoms with Gasteiger partial charge in [-0.3, -0.25) is 4.79 Å². The first-order chi connectivity index (χ1) is 10.4. The first-order valence-corrected chi connectivity index (χ1v) is 8.92. The summed E-state index contributed by atoms with van der Waals surface area (Å²) in [5, 5.41) is 0.472. The smallest absolute Gasteiger partial charge is 0.254 e. The molecule has 2 aliphatic heterocycles. The lowest BCUT2D eigenvalue weighted by atomic mass is 9.87. The first kappa shape index (κ1) is 13.8. The van der Waals surface area contributed by atoms with E-state index in [1.165, 1.54) is 18.4 Å². The summed E-state index contributed by atoms with van der Waals surface area (Å²) >= 11 is 0. The fourth-order valence-corrected chi connectivity index (χ4v) is 4.99. The minimum Gasteiger partial charge on any atom is -0.461 e. The topological polar surface area (TPSA) is 67.6 Å². The van der Waals surface area contributed by atoms with Crippen LogP contribution in [0.15, 0.2) is 28.9 Å². The van der Waals surface area contributed by atoms with Crippen molar-refractivity contribution >= 4 is 26.7 Å². The van der Waals surface area contributed by atoms with Crippen LogP contribution >= 0.6 is 0 Å². The molecule has 0 N–H and O–H groups in total. The van der Waals surface area contributed by atoms with Crippen LogP contribution in [0.2, 0.25) is 0 Å². The lowest BCUT2D eigenvalue weighted by Gasteiger charge is -2.46. The third-order valence-corrected chi connectivity index (χ3v) is 6.47. The molecule has 0 unspecified atom stereocenters. The molecular weight excluding hydrogens is 309 g/mol. The van der Waals surface area contributed by atoms with Gasteiger partial charge in [0.25, 0.3) is 5.91 Å². The van der Waals surface area contributed by atoms with E-state index >= 15 is 0 Å². The molecule has 2 aliphatic rings. The van der Waals surface area contributed by atoms with E-state index < -0.39 is 15.7 Å². The molecule has 2 fully saturated rings. The van der Waals surface area contributed by atoms with Gasteiger partial charge in [-0.15, -0.1) is 0 Å². The molecule has 7 heteroatoms. The number of benzene rings is 1. The number of carbonyl (C=O) groups excluding carboxylic acids is 1. The Balaban J connectivity index is 1.49. The van der Waals surface area contributed by atoms with Crippen LogP contribution in [-0.4, -0.2) is 43.8 Å². The van der Waals surface area contributed by atoms with E-state index in [1.807, 2.05) is 0 Å². The Labute approximate surface area is 126 Å². The van der Waals surface area contributed by atoms with E-state index in [0.29, 0.717) is 24.0 Å². The average molecular weight is 323 g/mol. The lowest BCUT2D eigenvalue weighted by Crippen LogP contribution is -2.57. The van der Waals surface area contributed by atoms with Crippen molar-refractivity contribution in [3.63, 3.8) is 0 Å². The summed E-state index contributed by atoms with van der Waals surface area (Å²) in [6.07, 6.45) is 1.36. The zero-order valence-electron chi connectivity index (χ0n) is 11.7. The van der Waals surface area contributed by atoms with Crippen molar-refractivity contribution in [1.82, 2.24) is 4.90 Å². The Morgan fingerprint density at radius 3 is 2.59 bits per heavy atom. The zero-order chi connectivity index (χ0) is 15.5. The summed E-state index contributed by atoms with van der Waals surface area (Å²) in [4.78, 5) is 14.2. The van der Waals surface area contributed by atoms with Crippen LogP contribution in [0.4, 0.5) is 4.39 Å². The molecule has 3 heterocycles. The van der Waals surface area contributed by atoms with Gasteiger partial charge in [0.05, 0.1) is 23.3 Å². The Morgan fingerprint density at radius 1 is 1.18 bits per heavy atom. The van der Waals surface area contributed by atoms with Gasteiger partial charge in [0.1, 0.15) is 0 Å². The highest BCUT2D eigenvalue weighted by Crippen LogP contribution is 2.34. The van der Waals surface area contributed by atoms with Crippen LogP contribution in [0.5, 0.6) is 0 Å². The van der Waals surface area contributed by atoms with Crippen molar-refractivity contribution in [2.24, 2.45) is 11.8 Å².